The zero-order valence-electron chi connectivity index (χ0n) is 10.9. The third-order valence-electron chi connectivity index (χ3n) is 2.75. The number of rotatable bonds is 5. The fourth-order valence-electron chi connectivity index (χ4n) is 1.69. The highest BCUT2D eigenvalue weighted by Gasteiger charge is 2.08. The van der Waals surface area contributed by atoms with E-state index in [0.29, 0.717) is 18.7 Å². The number of carboxylic acid groups (broad SMARTS) is 1. The maximum absolute atomic E-state index is 11.7. The van der Waals surface area contributed by atoms with E-state index in [1.165, 1.54) is 11.3 Å². The molecule has 0 saturated heterocycles. The van der Waals surface area contributed by atoms with Crippen LogP contribution in [0.3, 0.4) is 0 Å². The molecule has 1 aromatic heterocycles. The molecule has 0 aliphatic carbocycles. The summed E-state index contributed by atoms with van der Waals surface area (Å²) in [5.41, 5.74) is 1.68. The van der Waals surface area contributed by atoms with E-state index in [1.54, 1.807) is 29.6 Å². The lowest BCUT2D eigenvalue weighted by atomic mass is 10.1. The summed E-state index contributed by atoms with van der Waals surface area (Å²) in [6.45, 7) is 2.34. The van der Waals surface area contributed by atoms with Gasteiger partial charge in [0.2, 0.25) is 0 Å². The molecule has 0 unspecified atom stereocenters. The third kappa shape index (κ3) is 3.64. The maximum atomic E-state index is 11.7. The van der Waals surface area contributed by atoms with Crippen LogP contribution in [0.1, 0.15) is 31.4 Å². The molecular weight excluding hydrogens is 276 g/mol. The number of carbonyl (C=O) groups is 2. The van der Waals surface area contributed by atoms with Gasteiger partial charge in [0.1, 0.15) is 5.69 Å². The Hall–Kier alpha value is -2.21. The van der Waals surface area contributed by atoms with Gasteiger partial charge in [0, 0.05) is 11.9 Å². The second-order valence-corrected chi connectivity index (χ2v) is 5.32. The van der Waals surface area contributed by atoms with E-state index in [2.05, 4.69) is 10.3 Å². The number of amides is 1. The van der Waals surface area contributed by atoms with Crippen LogP contribution >= 0.6 is 11.3 Å². The van der Waals surface area contributed by atoms with Crippen molar-refractivity contribution in [1.82, 2.24) is 10.3 Å². The van der Waals surface area contributed by atoms with Gasteiger partial charge in [-0.05, 0) is 31.0 Å². The first-order valence-corrected chi connectivity index (χ1v) is 6.97. The summed E-state index contributed by atoms with van der Waals surface area (Å²) in [4.78, 5) is 26.6. The Morgan fingerprint density at radius 2 is 2.00 bits per heavy atom. The third-order valence-corrected chi connectivity index (χ3v) is 3.53. The Bertz CT molecular complexity index is 620. The maximum Gasteiger partial charge on any atom is 0.335 e. The molecule has 2 aromatic rings. The van der Waals surface area contributed by atoms with Crippen molar-refractivity contribution in [2.24, 2.45) is 0 Å². The number of carbonyl (C=O) groups excluding carboxylic acids is 1. The van der Waals surface area contributed by atoms with Crippen LogP contribution in [0.2, 0.25) is 0 Å². The van der Waals surface area contributed by atoms with Crippen molar-refractivity contribution in [3.63, 3.8) is 0 Å². The van der Waals surface area contributed by atoms with Gasteiger partial charge in [-0.3, -0.25) is 4.79 Å². The van der Waals surface area contributed by atoms with Crippen LogP contribution < -0.4 is 5.32 Å². The molecule has 2 N–H and O–H groups in total. The number of hydrogen-bond acceptors (Lipinski definition) is 4. The van der Waals surface area contributed by atoms with Crippen LogP contribution in [-0.4, -0.2) is 28.5 Å². The molecule has 0 spiro atoms. The number of aromatic nitrogens is 1. The first-order valence-electron chi connectivity index (χ1n) is 6.09. The van der Waals surface area contributed by atoms with Gasteiger partial charge >= 0.3 is 5.97 Å². The number of nitrogens with one attached hydrogen (secondary N) is 1. The van der Waals surface area contributed by atoms with Crippen molar-refractivity contribution in [1.29, 1.82) is 0 Å². The van der Waals surface area contributed by atoms with E-state index in [1.807, 2.05) is 6.92 Å². The zero-order valence-corrected chi connectivity index (χ0v) is 11.7. The molecule has 6 heteroatoms. The molecule has 2 rings (SSSR count). The summed E-state index contributed by atoms with van der Waals surface area (Å²) in [5, 5.41) is 14.2. The molecule has 0 bridgehead atoms. The van der Waals surface area contributed by atoms with E-state index in [0.717, 1.165) is 10.6 Å². The molecule has 1 amide bonds. The van der Waals surface area contributed by atoms with Gasteiger partial charge in [-0.2, -0.15) is 0 Å². The van der Waals surface area contributed by atoms with Crippen LogP contribution in [0.4, 0.5) is 0 Å². The van der Waals surface area contributed by atoms with E-state index in [-0.39, 0.29) is 11.5 Å². The molecule has 0 saturated carbocycles. The minimum Gasteiger partial charge on any atom is -0.478 e. The summed E-state index contributed by atoms with van der Waals surface area (Å²) in [7, 11) is 0. The van der Waals surface area contributed by atoms with Gasteiger partial charge in [0.05, 0.1) is 10.6 Å². The van der Waals surface area contributed by atoms with Gasteiger partial charge in [-0.1, -0.05) is 12.1 Å². The summed E-state index contributed by atoms with van der Waals surface area (Å²) in [6, 6.07) is 6.62. The van der Waals surface area contributed by atoms with Gasteiger partial charge in [-0.25, -0.2) is 9.78 Å². The summed E-state index contributed by atoms with van der Waals surface area (Å²) in [5.74, 6) is -1.12. The minimum absolute atomic E-state index is 0.184. The normalized spacial score (nSPS) is 10.2. The van der Waals surface area contributed by atoms with Crippen LogP contribution in [0.5, 0.6) is 0 Å². The average molecular weight is 290 g/mol. The molecule has 0 aliphatic rings. The molecular formula is C14H14N2O3S. The largest absolute Gasteiger partial charge is 0.478 e. The lowest BCUT2D eigenvalue weighted by Crippen LogP contribution is -2.26. The first-order chi connectivity index (χ1) is 9.56. The Kier molecular flexibility index (Phi) is 4.47. The highest BCUT2D eigenvalue weighted by Crippen LogP contribution is 2.08. The van der Waals surface area contributed by atoms with Crippen LogP contribution in [0, 0.1) is 6.92 Å². The zero-order chi connectivity index (χ0) is 14.5. The molecule has 1 heterocycles. The summed E-state index contributed by atoms with van der Waals surface area (Å²) >= 11 is 1.44. The number of aryl methyl sites for hydroxylation is 1. The Balaban J connectivity index is 1.83. The quantitative estimate of drug-likeness (QED) is 0.884. The van der Waals surface area contributed by atoms with Crippen LogP contribution in [0.15, 0.2) is 29.6 Å². The van der Waals surface area contributed by atoms with Crippen LogP contribution in [0.25, 0.3) is 0 Å². The van der Waals surface area contributed by atoms with E-state index in [4.69, 9.17) is 5.11 Å². The summed E-state index contributed by atoms with van der Waals surface area (Å²) in [6.07, 6.45) is 0.648. The predicted octanol–water partition coefficient (Wildman–Crippen LogP) is 2.12. The summed E-state index contributed by atoms with van der Waals surface area (Å²) < 4.78 is 0. The van der Waals surface area contributed by atoms with Crippen molar-refractivity contribution in [3.05, 3.63) is 51.5 Å². The van der Waals surface area contributed by atoms with E-state index < -0.39 is 5.97 Å². The van der Waals surface area contributed by atoms with Crippen LogP contribution in [-0.2, 0) is 6.42 Å². The average Bonchev–Trinajstić information content (AvgIpc) is 2.86. The SMILES string of the molecule is Cc1nc(C(=O)NCCc2ccc(C(=O)O)cc2)cs1. The number of aromatic carboxylic acids is 1. The van der Waals surface area contributed by atoms with Crippen molar-refractivity contribution >= 4 is 23.2 Å². The first kappa shape index (κ1) is 14.2. The fourth-order valence-corrected chi connectivity index (χ4v) is 2.29. The van der Waals surface area contributed by atoms with Crippen molar-refractivity contribution < 1.29 is 14.7 Å². The van der Waals surface area contributed by atoms with Gasteiger partial charge in [-0.15, -0.1) is 11.3 Å². The van der Waals surface area contributed by atoms with E-state index >= 15 is 0 Å². The lowest BCUT2D eigenvalue weighted by Gasteiger charge is -2.04. The number of hydrogen-bond donors (Lipinski definition) is 2. The Labute approximate surface area is 120 Å². The van der Waals surface area contributed by atoms with Gasteiger partial charge < -0.3 is 10.4 Å². The standard InChI is InChI=1S/C14H14N2O3S/c1-9-16-12(8-20-9)13(17)15-7-6-10-2-4-11(5-3-10)14(18)19/h2-5,8H,6-7H2,1H3,(H,15,17)(H,18,19). The Morgan fingerprint density at radius 1 is 1.30 bits per heavy atom. The number of thiazole rings is 1. The van der Waals surface area contributed by atoms with E-state index in [9.17, 15) is 9.59 Å². The highest BCUT2D eigenvalue weighted by atomic mass is 32.1. The predicted molar refractivity (Wildman–Crippen MR) is 76.3 cm³/mol. The Morgan fingerprint density at radius 3 is 2.55 bits per heavy atom. The minimum atomic E-state index is -0.941. The smallest absolute Gasteiger partial charge is 0.335 e. The number of nitrogens with zero attached hydrogens (tertiary/aromatic N) is 1. The highest BCUT2D eigenvalue weighted by molar-refractivity contribution is 7.09. The van der Waals surface area contributed by atoms with Crippen molar-refractivity contribution in [2.45, 2.75) is 13.3 Å². The molecule has 0 aliphatic heterocycles. The lowest BCUT2D eigenvalue weighted by molar-refractivity contribution is 0.0696. The van der Waals surface area contributed by atoms with Crippen molar-refractivity contribution in [2.75, 3.05) is 6.54 Å². The second kappa shape index (κ2) is 6.29. The topological polar surface area (TPSA) is 79.3 Å². The second-order valence-electron chi connectivity index (χ2n) is 4.26. The molecule has 0 fully saturated rings. The van der Waals surface area contributed by atoms with Gasteiger partial charge in [0.25, 0.3) is 5.91 Å². The molecule has 0 radical (unpaired) electrons. The van der Waals surface area contributed by atoms with Crippen molar-refractivity contribution in [3.8, 4) is 0 Å². The fraction of sp³-hybridized carbons (Fsp3) is 0.214. The molecule has 104 valence electrons. The van der Waals surface area contributed by atoms with Gasteiger partial charge in [0.15, 0.2) is 0 Å². The number of benzene rings is 1. The molecule has 1 aromatic carbocycles. The number of carboxylic acids is 1. The monoisotopic (exact) mass is 290 g/mol. The molecule has 0 atom stereocenters. The molecule has 5 nitrogen and oxygen atoms in total. The molecule has 20 heavy (non-hydrogen) atoms.